The Kier molecular flexibility index (Phi) is 1.58. The molecule has 1 N–H and O–H groups in total. The van der Waals surface area contributed by atoms with Gasteiger partial charge in [0, 0.05) is 32.4 Å². The molecule has 0 radical (unpaired) electrons. The fourth-order valence-electron chi connectivity index (χ4n) is 1.25. The van der Waals surface area contributed by atoms with Crippen molar-refractivity contribution < 1.29 is 4.74 Å². The van der Waals surface area contributed by atoms with Crippen LogP contribution in [0, 0.1) is 0 Å². The van der Waals surface area contributed by atoms with E-state index in [2.05, 4.69) is 17.3 Å². The van der Waals surface area contributed by atoms with Crippen molar-refractivity contribution in [2.75, 3.05) is 13.1 Å². The highest BCUT2D eigenvalue weighted by Crippen LogP contribution is 2.18. The quantitative estimate of drug-likeness (QED) is 0.682. The summed E-state index contributed by atoms with van der Waals surface area (Å²) in [7, 11) is 1.88. The molecule has 0 bridgehead atoms. The number of hydrogen-bond donors (Lipinski definition) is 1. The average molecular weight is 167 g/mol. The van der Waals surface area contributed by atoms with Gasteiger partial charge in [-0.15, -0.1) is 5.10 Å². The van der Waals surface area contributed by atoms with Gasteiger partial charge in [-0.3, -0.25) is 4.68 Å². The third-order valence-electron chi connectivity index (χ3n) is 2.04. The molecule has 4 heteroatoms. The van der Waals surface area contributed by atoms with E-state index >= 15 is 0 Å². The summed E-state index contributed by atoms with van der Waals surface area (Å²) in [5, 5.41) is 7.31. The van der Waals surface area contributed by atoms with E-state index in [1.54, 1.807) is 4.68 Å². The predicted molar refractivity (Wildman–Crippen MR) is 45.1 cm³/mol. The SMILES string of the molecule is Cn1ccc(OC2(C)CNC2)n1. The van der Waals surface area contributed by atoms with E-state index in [1.165, 1.54) is 0 Å². The molecule has 1 saturated heterocycles. The van der Waals surface area contributed by atoms with E-state index in [1.807, 2.05) is 19.3 Å². The molecule has 1 aliphatic heterocycles. The number of nitrogens with one attached hydrogen (secondary N) is 1. The first kappa shape index (κ1) is 7.61. The van der Waals surface area contributed by atoms with E-state index in [0.717, 1.165) is 13.1 Å². The highest BCUT2D eigenvalue weighted by molar-refractivity contribution is 5.09. The Morgan fingerprint density at radius 2 is 2.42 bits per heavy atom. The third-order valence-corrected chi connectivity index (χ3v) is 2.04. The van der Waals surface area contributed by atoms with Crippen LogP contribution < -0.4 is 10.1 Å². The van der Waals surface area contributed by atoms with Crippen molar-refractivity contribution in [2.24, 2.45) is 7.05 Å². The summed E-state index contributed by atoms with van der Waals surface area (Å²) in [6, 6.07) is 1.88. The summed E-state index contributed by atoms with van der Waals surface area (Å²) < 4.78 is 7.41. The Morgan fingerprint density at radius 3 is 2.83 bits per heavy atom. The monoisotopic (exact) mass is 167 g/mol. The Hall–Kier alpha value is -1.03. The number of nitrogens with zero attached hydrogens (tertiary/aromatic N) is 2. The van der Waals surface area contributed by atoms with Crippen LogP contribution in [0.1, 0.15) is 6.92 Å². The topological polar surface area (TPSA) is 39.1 Å². The lowest BCUT2D eigenvalue weighted by Gasteiger charge is -2.38. The molecule has 0 aromatic carbocycles. The van der Waals surface area contributed by atoms with Crippen LogP contribution in [0.25, 0.3) is 0 Å². The largest absolute Gasteiger partial charge is 0.468 e. The molecule has 0 aliphatic carbocycles. The molecule has 1 fully saturated rings. The lowest BCUT2D eigenvalue weighted by atomic mass is 10.0. The minimum absolute atomic E-state index is 0.0473. The first-order valence-corrected chi connectivity index (χ1v) is 4.07. The lowest BCUT2D eigenvalue weighted by molar-refractivity contribution is 0.0299. The van der Waals surface area contributed by atoms with E-state index in [-0.39, 0.29) is 5.60 Å². The molecule has 12 heavy (non-hydrogen) atoms. The summed E-state index contributed by atoms with van der Waals surface area (Å²) in [5.74, 6) is 0.710. The lowest BCUT2D eigenvalue weighted by Crippen LogP contribution is -2.61. The second-order valence-corrected chi connectivity index (χ2v) is 3.48. The second kappa shape index (κ2) is 2.48. The summed E-state index contributed by atoms with van der Waals surface area (Å²) in [6.07, 6.45) is 1.88. The van der Waals surface area contributed by atoms with E-state index in [9.17, 15) is 0 Å². The summed E-state index contributed by atoms with van der Waals surface area (Å²) >= 11 is 0. The molecule has 66 valence electrons. The molecule has 0 spiro atoms. The molecule has 1 aliphatic rings. The van der Waals surface area contributed by atoms with Gasteiger partial charge in [0.1, 0.15) is 5.60 Å². The normalized spacial score (nSPS) is 20.2. The van der Waals surface area contributed by atoms with Crippen LogP contribution in [-0.4, -0.2) is 28.5 Å². The molecule has 4 nitrogen and oxygen atoms in total. The number of hydrogen-bond acceptors (Lipinski definition) is 3. The zero-order chi connectivity index (χ0) is 8.60. The van der Waals surface area contributed by atoms with Gasteiger partial charge in [-0.1, -0.05) is 0 Å². The van der Waals surface area contributed by atoms with Crippen LogP contribution in [0.3, 0.4) is 0 Å². The van der Waals surface area contributed by atoms with Crippen molar-refractivity contribution in [3.8, 4) is 5.88 Å². The maximum atomic E-state index is 5.66. The van der Waals surface area contributed by atoms with Crippen molar-refractivity contribution >= 4 is 0 Å². The van der Waals surface area contributed by atoms with Gasteiger partial charge in [0.15, 0.2) is 0 Å². The van der Waals surface area contributed by atoms with Crippen LogP contribution in [-0.2, 0) is 7.05 Å². The number of ether oxygens (including phenoxy) is 1. The highest BCUT2D eigenvalue weighted by Gasteiger charge is 2.34. The van der Waals surface area contributed by atoms with Gasteiger partial charge in [-0.05, 0) is 6.92 Å². The third kappa shape index (κ3) is 1.30. The molecule has 1 aromatic rings. The molecule has 0 amide bonds. The van der Waals surface area contributed by atoms with Gasteiger partial charge in [0.25, 0.3) is 0 Å². The maximum Gasteiger partial charge on any atom is 0.233 e. The van der Waals surface area contributed by atoms with E-state index < -0.39 is 0 Å². The first-order chi connectivity index (χ1) is 5.68. The van der Waals surface area contributed by atoms with Gasteiger partial charge in [-0.25, -0.2) is 0 Å². The van der Waals surface area contributed by atoms with Gasteiger partial charge >= 0.3 is 0 Å². The van der Waals surface area contributed by atoms with Crippen molar-refractivity contribution in [2.45, 2.75) is 12.5 Å². The number of aromatic nitrogens is 2. The Labute approximate surface area is 71.5 Å². The molecule has 0 saturated carbocycles. The predicted octanol–water partition coefficient (Wildman–Crippen LogP) is 0.161. The zero-order valence-electron chi connectivity index (χ0n) is 7.37. The Bertz CT molecular complexity index is 278. The highest BCUT2D eigenvalue weighted by atomic mass is 16.5. The van der Waals surface area contributed by atoms with Crippen LogP contribution in [0.15, 0.2) is 12.3 Å². The van der Waals surface area contributed by atoms with Crippen LogP contribution in [0.4, 0.5) is 0 Å². The van der Waals surface area contributed by atoms with Crippen LogP contribution in [0.5, 0.6) is 5.88 Å². The Balaban J connectivity index is 2.03. The number of rotatable bonds is 2. The summed E-state index contributed by atoms with van der Waals surface area (Å²) in [5.41, 5.74) is -0.0473. The summed E-state index contributed by atoms with van der Waals surface area (Å²) in [4.78, 5) is 0. The zero-order valence-corrected chi connectivity index (χ0v) is 7.37. The molecule has 0 atom stereocenters. The van der Waals surface area contributed by atoms with Crippen LogP contribution in [0.2, 0.25) is 0 Å². The van der Waals surface area contributed by atoms with Crippen molar-refractivity contribution in [1.29, 1.82) is 0 Å². The molecular formula is C8H13N3O. The standard InChI is InChI=1S/C8H13N3O/c1-8(5-9-6-8)12-7-3-4-11(2)10-7/h3-4,9H,5-6H2,1-2H3. The molecule has 0 unspecified atom stereocenters. The van der Waals surface area contributed by atoms with Crippen molar-refractivity contribution in [3.63, 3.8) is 0 Å². The molecule has 2 heterocycles. The van der Waals surface area contributed by atoms with Gasteiger partial charge in [0.05, 0.1) is 0 Å². The van der Waals surface area contributed by atoms with Gasteiger partial charge in [0.2, 0.25) is 5.88 Å². The second-order valence-electron chi connectivity index (χ2n) is 3.48. The average Bonchev–Trinajstić information content (AvgIpc) is 2.32. The molecule has 1 aromatic heterocycles. The first-order valence-electron chi connectivity index (χ1n) is 4.07. The number of aryl methyl sites for hydroxylation is 1. The minimum Gasteiger partial charge on any atom is -0.468 e. The van der Waals surface area contributed by atoms with Crippen LogP contribution >= 0.6 is 0 Å². The van der Waals surface area contributed by atoms with Crippen molar-refractivity contribution in [1.82, 2.24) is 15.1 Å². The fraction of sp³-hybridized carbons (Fsp3) is 0.625. The minimum atomic E-state index is -0.0473. The molecule has 2 rings (SSSR count). The molecular weight excluding hydrogens is 154 g/mol. The summed E-state index contributed by atoms with van der Waals surface area (Å²) in [6.45, 7) is 3.89. The van der Waals surface area contributed by atoms with Crippen molar-refractivity contribution in [3.05, 3.63) is 12.3 Å². The van der Waals surface area contributed by atoms with Gasteiger partial charge in [-0.2, -0.15) is 0 Å². The van der Waals surface area contributed by atoms with E-state index in [0.29, 0.717) is 5.88 Å². The van der Waals surface area contributed by atoms with E-state index in [4.69, 9.17) is 4.74 Å². The Morgan fingerprint density at radius 1 is 1.67 bits per heavy atom. The fourth-order valence-corrected chi connectivity index (χ4v) is 1.25. The van der Waals surface area contributed by atoms with Gasteiger partial charge < -0.3 is 10.1 Å². The maximum absolute atomic E-state index is 5.66. The smallest absolute Gasteiger partial charge is 0.233 e.